The molecule has 0 aromatic heterocycles. The lowest BCUT2D eigenvalue weighted by Crippen LogP contribution is -2.45. The maximum absolute atomic E-state index is 9.37. The first-order valence-corrected chi connectivity index (χ1v) is 8.69. The highest BCUT2D eigenvalue weighted by atomic mass is 16.3. The molecular weight excluding hydrogens is 258 g/mol. The average Bonchev–Trinajstić information content (AvgIpc) is 2.51. The van der Waals surface area contributed by atoms with E-state index < -0.39 is 0 Å². The van der Waals surface area contributed by atoms with Crippen LogP contribution in [-0.2, 0) is 6.42 Å². The Morgan fingerprint density at radius 2 is 1.62 bits per heavy atom. The second-order valence-corrected chi connectivity index (χ2v) is 7.32. The van der Waals surface area contributed by atoms with Crippen molar-refractivity contribution in [2.45, 2.75) is 64.3 Å². The summed E-state index contributed by atoms with van der Waals surface area (Å²) in [7, 11) is 0. The predicted octanol–water partition coefficient (Wildman–Crippen LogP) is 4.37. The van der Waals surface area contributed by atoms with Crippen molar-refractivity contribution >= 4 is 0 Å². The summed E-state index contributed by atoms with van der Waals surface area (Å²) in [6, 6.07) is 8.32. The molecule has 1 saturated heterocycles. The number of phenols is 1. The van der Waals surface area contributed by atoms with Crippen molar-refractivity contribution in [2.24, 2.45) is 5.41 Å². The summed E-state index contributed by atoms with van der Waals surface area (Å²) in [5.41, 5.74) is 2.03. The Kier molecular flexibility index (Phi) is 4.54. The van der Waals surface area contributed by atoms with E-state index in [1.807, 2.05) is 0 Å². The minimum atomic E-state index is 0.364. The van der Waals surface area contributed by atoms with Gasteiger partial charge in [0.25, 0.3) is 0 Å². The van der Waals surface area contributed by atoms with Crippen molar-refractivity contribution in [2.75, 3.05) is 13.1 Å². The number of hydrogen-bond acceptors (Lipinski definition) is 2. The Hall–Kier alpha value is -1.02. The molecule has 1 spiro atoms. The topological polar surface area (TPSA) is 23.5 Å². The van der Waals surface area contributed by atoms with Gasteiger partial charge in [0.2, 0.25) is 0 Å². The molecule has 2 heteroatoms. The van der Waals surface area contributed by atoms with Gasteiger partial charge in [-0.05, 0) is 75.2 Å². The number of piperidine rings is 1. The lowest BCUT2D eigenvalue weighted by molar-refractivity contribution is 0.0491. The summed E-state index contributed by atoms with van der Waals surface area (Å²) in [6.45, 7) is 4.91. The lowest BCUT2D eigenvalue weighted by Gasteiger charge is -2.46. The van der Waals surface area contributed by atoms with E-state index in [9.17, 15) is 5.11 Å². The highest BCUT2D eigenvalue weighted by molar-refractivity contribution is 5.26. The predicted molar refractivity (Wildman–Crippen MR) is 87.6 cm³/mol. The van der Waals surface area contributed by atoms with Gasteiger partial charge in [0, 0.05) is 6.04 Å². The van der Waals surface area contributed by atoms with Crippen LogP contribution in [0.3, 0.4) is 0 Å². The zero-order chi connectivity index (χ0) is 14.7. The van der Waals surface area contributed by atoms with Gasteiger partial charge in [0.15, 0.2) is 0 Å². The normalized spacial score (nSPS) is 24.0. The van der Waals surface area contributed by atoms with Gasteiger partial charge in [-0.3, -0.25) is 0 Å². The summed E-state index contributed by atoms with van der Waals surface area (Å²) in [4.78, 5) is 2.67. The van der Waals surface area contributed by atoms with Gasteiger partial charge in [-0.15, -0.1) is 0 Å². The van der Waals surface area contributed by atoms with Gasteiger partial charge in [0.05, 0.1) is 0 Å². The van der Waals surface area contributed by atoms with Crippen LogP contribution in [0.25, 0.3) is 0 Å². The molecule has 1 saturated carbocycles. The quantitative estimate of drug-likeness (QED) is 0.892. The first-order chi connectivity index (χ1) is 10.2. The van der Waals surface area contributed by atoms with Crippen LogP contribution in [0.5, 0.6) is 5.75 Å². The van der Waals surface area contributed by atoms with Crippen molar-refractivity contribution in [1.82, 2.24) is 4.90 Å². The van der Waals surface area contributed by atoms with E-state index in [2.05, 4.69) is 24.0 Å². The lowest BCUT2D eigenvalue weighted by atomic mass is 9.68. The SMILES string of the molecule is CC(Cc1ccc(O)cc1)N1CCC2(CCCCC2)CC1. The zero-order valence-electron chi connectivity index (χ0n) is 13.4. The van der Waals surface area contributed by atoms with E-state index >= 15 is 0 Å². The molecule has 1 aromatic carbocycles. The van der Waals surface area contributed by atoms with Gasteiger partial charge < -0.3 is 10.0 Å². The molecule has 0 bridgehead atoms. The molecule has 0 amide bonds. The summed E-state index contributed by atoms with van der Waals surface area (Å²) >= 11 is 0. The number of nitrogens with zero attached hydrogens (tertiary/aromatic N) is 1. The Morgan fingerprint density at radius 3 is 2.24 bits per heavy atom. The van der Waals surface area contributed by atoms with Gasteiger partial charge in [-0.2, -0.15) is 0 Å². The van der Waals surface area contributed by atoms with Crippen molar-refractivity contribution in [3.63, 3.8) is 0 Å². The fourth-order valence-corrected chi connectivity index (χ4v) is 4.34. The third kappa shape index (κ3) is 3.60. The molecule has 1 N–H and O–H groups in total. The van der Waals surface area contributed by atoms with Crippen molar-refractivity contribution in [1.29, 1.82) is 0 Å². The van der Waals surface area contributed by atoms with E-state index in [0.717, 1.165) is 6.42 Å². The average molecular weight is 287 g/mol. The standard InChI is InChI=1S/C19H29NO/c1-16(15-17-5-7-18(21)8-6-17)20-13-11-19(12-14-20)9-3-2-4-10-19/h5-8,16,21H,2-4,9-15H2,1H3. The summed E-state index contributed by atoms with van der Waals surface area (Å²) in [5.74, 6) is 0.364. The summed E-state index contributed by atoms with van der Waals surface area (Å²) < 4.78 is 0. The fraction of sp³-hybridized carbons (Fsp3) is 0.684. The molecule has 2 aliphatic rings. The smallest absolute Gasteiger partial charge is 0.115 e. The number of phenolic OH excluding ortho intramolecular Hbond substituents is 1. The monoisotopic (exact) mass is 287 g/mol. The van der Waals surface area contributed by atoms with Crippen molar-refractivity contribution < 1.29 is 5.11 Å². The summed E-state index contributed by atoms with van der Waals surface area (Å²) in [5, 5.41) is 9.37. The van der Waals surface area contributed by atoms with Crippen LogP contribution >= 0.6 is 0 Å². The maximum Gasteiger partial charge on any atom is 0.115 e. The van der Waals surface area contributed by atoms with Crippen LogP contribution in [-0.4, -0.2) is 29.1 Å². The zero-order valence-corrected chi connectivity index (χ0v) is 13.4. The number of benzene rings is 1. The molecular formula is C19H29NO. The minimum Gasteiger partial charge on any atom is -0.508 e. The van der Waals surface area contributed by atoms with E-state index in [0.29, 0.717) is 17.2 Å². The first kappa shape index (κ1) is 14.9. The van der Waals surface area contributed by atoms with Crippen LogP contribution in [0.2, 0.25) is 0 Å². The maximum atomic E-state index is 9.37. The highest BCUT2D eigenvalue weighted by Gasteiger charge is 2.36. The summed E-state index contributed by atoms with van der Waals surface area (Å²) in [6.07, 6.45) is 11.3. The molecule has 1 aliphatic heterocycles. The molecule has 116 valence electrons. The second-order valence-electron chi connectivity index (χ2n) is 7.32. The van der Waals surface area contributed by atoms with Crippen LogP contribution in [0.4, 0.5) is 0 Å². The largest absolute Gasteiger partial charge is 0.508 e. The molecule has 1 aromatic rings. The highest BCUT2D eigenvalue weighted by Crippen LogP contribution is 2.44. The minimum absolute atomic E-state index is 0.364. The van der Waals surface area contributed by atoms with Crippen LogP contribution < -0.4 is 0 Å². The molecule has 21 heavy (non-hydrogen) atoms. The van der Waals surface area contributed by atoms with Crippen molar-refractivity contribution in [3.05, 3.63) is 29.8 Å². The van der Waals surface area contributed by atoms with E-state index in [4.69, 9.17) is 0 Å². The van der Waals surface area contributed by atoms with Gasteiger partial charge in [0.1, 0.15) is 5.75 Å². The third-order valence-electron chi connectivity index (χ3n) is 5.86. The molecule has 1 atom stereocenters. The number of rotatable bonds is 3. The van der Waals surface area contributed by atoms with Gasteiger partial charge >= 0.3 is 0 Å². The van der Waals surface area contributed by atoms with Gasteiger partial charge in [-0.25, -0.2) is 0 Å². The Morgan fingerprint density at radius 1 is 1.00 bits per heavy atom. The molecule has 2 fully saturated rings. The second kappa shape index (κ2) is 6.39. The Labute approximate surface area is 129 Å². The number of hydrogen-bond donors (Lipinski definition) is 1. The molecule has 1 unspecified atom stereocenters. The Balaban J connectivity index is 1.52. The van der Waals surface area contributed by atoms with Gasteiger partial charge in [-0.1, -0.05) is 31.4 Å². The molecule has 0 radical (unpaired) electrons. The van der Waals surface area contributed by atoms with Crippen molar-refractivity contribution in [3.8, 4) is 5.75 Å². The molecule has 2 nitrogen and oxygen atoms in total. The van der Waals surface area contributed by atoms with Crippen LogP contribution in [0.15, 0.2) is 24.3 Å². The number of likely N-dealkylation sites (tertiary alicyclic amines) is 1. The fourth-order valence-electron chi connectivity index (χ4n) is 4.34. The van der Waals surface area contributed by atoms with Crippen LogP contribution in [0, 0.1) is 5.41 Å². The molecule has 1 aliphatic carbocycles. The van der Waals surface area contributed by atoms with E-state index in [-0.39, 0.29) is 0 Å². The molecule has 3 rings (SSSR count). The van der Waals surface area contributed by atoms with Crippen LogP contribution in [0.1, 0.15) is 57.4 Å². The first-order valence-electron chi connectivity index (χ1n) is 8.69. The molecule has 1 heterocycles. The Bertz CT molecular complexity index is 437. The third-order valence-corrected chi connectivity index (χ3v) is 5.86. The number of aromatic hydroxyl groups is 1. The van der Waals surface area contributed by atoms with E-state index in [1.54, 1.807) is 12.1 Å². The van der Waals surface area contributed by atoms with E-state index in [1.165, 1.54) is 63.6 Å².